The standard InChI is InChI=1S/C16H13BrClNO2/c1-20-15-4-2-3-10-7-12(21-16(10)15)9-19-14-6-5-11(18)8-13(14)17/h2-8,19H,9H2,1H3. The van der Waals surface area contributed by atoms with E-state index in [1.54, 1.807) is 7.11 Å². The number of nitrogens with one attached hydrogen (secondary N) is 1. The van der Waals surface area contributed by atoms with Crippen LogP contribution in [0.3, 0.4) is 0 Å². The third-order valence-corrected chi connectivity index (χ3v) is 4.05. The highest BCUT2D eigenvalue weighted by Crippen LogP contribution is 2.30. The molecule has 2 aromatic carbocycles. The van der Waals surface area contributed by atoms with Crippen molar-refractivity contribution in [3.05, 3.63) is 57.7 Å². The molecule has 0 amide bonds. The van der Waals surface area contributed by atoms with E-state index in [1.807, 2.05) is 42.5 Å². The Morgan fingerprint density at radius 2 is 2.10 bits per heavy atom. The maximum absolute atomic E-state index is 5.93. The summed E-state index contributed by atoms with van der Waals surface area (Å²) in [5, 5.41) is 5.04. The van der Waals surface area contributed by atoms with E-state index in [9.17, 15) is 0 Å². The van der Waals surface area contributed by atoms with E-state index in [1.165, 1.54) is 0 Å². The summed E-state index contributed by atoms with van der Waals surface area (Å²) in [6.45, 7) is 0.581. The summed E-state index contributed by atoms with van der Waals surface area (Å²) in [7, 11) is 1.64. The van der Waals surface area contributed by atoms with Crippen molar-refractivity contribution in [2.75, 3.05) is 12.4 Å². The average Bonchev–Trinajstić information content (AvgIpc) is 2.89. The lowest BCUT2D eigenvalue weighted by atomic mass is 10.2. The van der Waals surface area contributed by atoms with Crippen LogP contribution in [0, 0.1) is 0 Å². The zero-order chi connectivity index (χ0) is 14.8. The van der Waals surface area contributed by atoms with Crippen molar-refractivity contribution >= 4 is 44.2 Å². The fourth-order valence-corrected chi connectivity index (χ4v) is 2.98. The zero-order valence-corrected chi connectivity index (χ0v) is 13.7. The minimum absolute atomic E-state index is 0.581. The Morgan fingerprint density at radius 1 is 1.24 bits per heavy atom. The molecule has 0 radical (unpaired) electrons. The quantitative estimate of drug-likeness (QED) is 0.665. The first kappa shape index (κ1) is 14.3. The summed E-state index contributed by atoms with van der Waals surface area (Å²) in [6.07, 6.45) is 0. The van der Waals surface area contributed by atoms with Gasteiger partial charge < -0.3 is 14.5 Å². The monoisotopic (exact) mass is 365 g/mol. The van der Waals surface area contributed by atoms with E-state index < -0.39 is 0 Å². The molecule has 0 unspecified atom stereocenters. The number of para-hydroxylation sites is 1. The molecule has 0 atom stereocenters. The van der Waals surface area contributed by atoms with Gasteiger partial charge in [-0.2, -0.15) is 0 Å². The maximum Gasteiger partial charge on any atom is 0.176 e. The van der Waals surface area contributed by atoms with Crippen molar-refractivity contribution < 1.29 is 9.15 Å². The van der Waals surface area contributed by atoms with Gasteiger partial charge in [0, 0.05) is 20.6 Å². The third-order valence-electron chi connectivity index (χ3n) is 3.16. The molecular formula is C16H13BrClNO2. The van der Waals surface area contributed by atoms with Crippen LogP contribution >= 0.6 is 27.5 Å². The van der Waals surface area contributed by atoms with Crippen molar-refractivity contribution in [3.8, 4) is 5.75 Å². The second-order valence-corrected chi connectivity index (χ2v) is 5.86. The molecule has 1 heterocycles. The van der Waals surface area contributed by atoms with Crippen molar-refractivity contribution in [1.82, 2.24) is 0 Å². The van der Waals surface area contributed by atoms with Gasteiger partial charge in [-0.15, -0.1) is 0 Å². The van der Waals surface area contributed by atoms with E-state index in [2.05, 4.69) is 21.2 Å². The van der Waals surface area contributed by atoms with E-state index >= 15 is 0 Å². The summed E-state index contributed by atoms with van der Waals surface area (Å²) in [5.41, 5.74) is 1.73. The number of hydrogen-bond donors (Lipinski definition) is 1. The fourth-order valence-electron chi connectivity index (χ4n) is 2.15. The predicted molar refractivity (Wildman–Crippen MR) is 89.2 cm³/mol. The second kappa shape index (κ2) is 6.00. The Bertz CT molecular complexity index is 785. The lowest BCUT2D eigenvalue weighted by molar-refractivity contribution is 0.408. The summed E-state index contributed by atoms with van der Waals surface area (Å²) >= 11 is 9.41. The molecule has 1 aromatic heterocycles. The van der Waals surface area contributed by atoms with Gasteiger partial charge >= 0.3 is 0 Å². The molecule has 0 saturated carbocycles. The molecule has 0 aliphatic heterocycles. The van der Waals surface area contributed by atoms with Crippen molar-refractivity contribution in [3.63, 3.8) is 0 Å². The number of halogens is 2. The van der Waals surface area contributed by atoms with Crippen molar-refractivity contribution in [1.29, 1.82) is 0 Å². The number of hydrogen-bond acceptors (Lipinski definition) is 3. The topological polar surface area (TPSA) is 34.4 Å². The Balaban J connectivity index is 1.82. The maximum atomic E-state index is 5.93. The molecule has 108 valence electrons. The number of fused-ring (bicyclic) bond motifs is 1. The van der Waals surface area contributed by atoms with Crippen LogP contribution in [0.25, 0.3) is 11.0 Å². The fraction of sp³-hybridized carbons (Fsp3) is 0.125. The summed E-state index contributed by atoms with van der Waals surface area (Å²) in [6, 6.07) is 13.5. The molecule has 0 aliphatic carbocycles. The highest BCUT2D eigenvalue weighted by molar-refractivity contribution is 9.10. The molecule has 3 aromatic rings. The van der Waals surface area contributed by atoms with Gasteiger partial charge in [-0.05, 0) is 46.3 Å². The minimum atomic E-state index is 0.581. The van der Waals surface area contributed by atoms with Crippen molar-refractivity contribution in [2.45, 2.75) is 6.54 Å². The highest BCUT2D eigenvalue weighted by Gasteiger charge is 2.09. The van der Waals surface area contributed by atoms with Crippen LogP contribution in [0.1, 0.15) is 5.76 Å². The number of furan rings is 1. The van der Waals surface area contributed by atoms with Crippen molar-refractivity contribution in [2.24, 2.45) is 0 Å². The van der Waals surface area contributed by atoms with E-state index in [4.69, 9.17) is 20.8 Å². The Morgan fingerprint density at radius 3 is 2.86 bits per heavy atom. The molecule has 0 spiro atoms. The molecule has 3 nitrogen and oxygen atoms in total. The number of ether oxygens (including phenoxy) is 1. The van der Waals surface area contributed by atoms with Crippen LogP contribution < -0.4 is 10.1 Å². The van der Waals surface area contributed by atoms with E-state index in [0.29, 0.717) is 11.6 Å². The smallest absolute Gasteiger partial charge is 0.176 e. The molecule has 21 heavy (non-hydrogen) atoms. The molecule has 1 N–H and O–H groups in total. The SMILES string of the molecule is COc1cccc2cc(CNc3ccc(Cl)cc3Br)oc12. The summed E-state index contributed by atoms with van der Waals surface area (Å²) in [5.74, 6) is 1.59. The van der Waals surface area contributed by atoms with Crippen LogP contribution in [0.4, 0.5) is 5.69 Å². The first-order chi connectivity index (χ1) is 10.2. The largest absolute Gasteiger partial charge is 0.493 e. The van der Waals surface area contributed by atoms with Crippen LogP contribution in [0.2, 0.25) is 5.02 Å². The van der Waals surface area contributed by atoms with Gasteiger partial charge in [0.1, 0.15) is 5.76 Å². The minimum Gasteiger partial charge on any atom is -0.493 e. The molecule has 0 saturated heterocycles. The van der Waals surface area contributed by atoms with E-state index in [0.717, 1.165) is 32.6 Å². The first-order valence-electron chi connectivity index (χ1n) is 6.42. The molecular weight excluding hydrogens is 354 g/mol. The highest BCUT2D eigenvalue weighted by atomic mass is 79.9. The van der Waals surface area contributed by atoms with Gasteiger partial charge in [-0.25, -0.2) is 0 Å². The number of rotatable bonds is 4. The van der Waals surface area contributed by atoms with Gasteiger partial charge in [0.25, 0.3) is 0 Å². The number of anilines is 1. The average molecular weight is 367 g/mol. The van der Waals surface area contributed by atoms with Crippen LogP contribution in [0.15, 0.2) is 51.4 Å². The third kappa shape index (κ3) is 3.01. The number of benzene rings is 2. The van der Waals surface area contributed by atoms with Crippen LogP contribution in [0.5, 0.6) is 5.75 Å². The van der Waals surface area contributed by atoms with Gasteiger partial charge in [0.05, 0.1) is 13.7 Å². The van der Waals surface area contributed by atoms with Crippen LogP contribution in [-0.2, 0) is 6.54 Å². The Labute approximate surface area is 136 Å². The Hall–Kier alpha value is -1.65. The summed E-state index contributed by atoms with van der Waals surface area (Å²) < 4.78 is 12.1. The second-order valence-electron chi connectivity index (χ2n) is 4.57. The molecule has 0 fully saturated rings. The molecule has 0 bridgehead atoms. The lowest BCUT2D eigenvalue weighted by Gasteiger charge is -2.07. The predicted octanol–water partition coefficient (Wildman–Crippen LogP) is 5.47. The lowest BCUT2D eigenvalue weighted by Crippen LogP contribution is -1.98. The summed E-state index contributed by atoms with van der Waals surface area (Å²) in [4.78, 5) is 0. The normalized spacial score (nSPS) is 10.8. The zero-order valence-electron chi connectivity index (χ0n) is 11.3. The molecule has 3 rings (SSSR count). The number of methoxy groups -OCH3 is 1. The van der Waals surface area contributed by atoms with Gasteiger partial charge in [0.2, 0.25) is 0 Å². The molecule has 0 aliphatic rings. The first-order valence-corrected chi connectivity index (χ1v) is 7.59. The Kier molecular flexibility index (Phi) is 4.08. The molecule has 5 heteroatoms. The van der Waals surface area contributed by atoms with E-state index in [-0.39, 0.29) is 0 Å². The van der Waals surface area contributed by atoms with Crippen LogP contribution in [-0.4, -0.2) is 7.11 Å². The van der Waals surface area contributed by atoms with Gasteiger partial charge in [-0.3, -0.25) is 0 Å². The van der Waals surface area contributed by atoms with Gasteiger partial charge in [-0.1, -0.05) is 23.7 Å². The van der Waals surface area contributed by atoms with Gasteiger partial charge in [0.15, 0.2) is 11.3 Å².